The van der Waals surface area contributed by atoms with Crippen LogP contribution in [0.4, 0.5) is 4.79 Å². The van der Waals surface area contributed by atoms with E-state index in [9.17, 15) is 19.5 Å². The lowest BCUT2D eigenvalue weighted by atomic mass is 9.98. The number of rotatable bonds is 9. The van der Waals surface area contributed by atoms with E-state index in [1.54, 1.807) is 20.8 Å². The molecule has 0 aliphatic heterocycles. The number of amides is 2. The van der Waals surface area contributed by atoms with Gasteiger partial charge in [0.05, 0.1) is 6.10 Å². The number of hydrogen-bond donors (Lipinski definition) is 3. The summed E-state index contributed by atoms with van der Waals surface area (Å²) in [4.78, 5) is 36.3. The summed E-state index contributed by atoms with van der Waals surface area (Å²) in [6.07, 6.45) is -1.48. The third-order valence-corrected chi connectivity index (χ3v) is 5.81. The van der Waals surface area contributed by atoms with Crippen molar-refractivity contribution in [2.24, 2.45) is 0 Å². The van der Waals surface area contributed by atoms with Crippen molar-refractivity contribution in [3.05, 3.63) is 59.7 Å². The lowest BCUT2D eigenvalue weighted by molar-refractivity contribution is -0.145. The average molecular weight is 455 g/mol. The zero-order valence-corrected chi connectivity index (χ0v) is 19.3. The van der Waals surface area contributed by atoms with Crippen molar-refractivity contribution in [3.63, 3.8) is 0 Å². The number of fused-ring (bicyclic) bond motifs is 3. The van der Waals surface area contributed by atoms with Crippen LogP contribution in [-0.4, -0.2) is 54.5 Å². The summed E-state index contributed by atoms with van der Waals surface area (Å²) >= 11 is 0. The van der Waals surface area contributed by atoms with Gasteiger partial charge in [-0.1, -0.05) is 48.5 Å². The first kappa shape index (κ1) is 24.3. The lowest BCUT2D eigenvalue weighted by Gasteiger charge is -2.27. The molecule has 0 bridgehead atoms. The summed E-state index contributed by atoms with van der Waals surface area (Å²) in [6.45, 7) is 5.06. The molecule has 0 saturated heterocycles. The molecular weight excluding hydrogens is 424 g/mol. The molecule has 0 aromatic heterocycles. The molecule has 0 heterocycles. The number of hydrogen-bond acceptors (Lipinski definition) is 5. The number of carboxylic acids is 1. The molecule has 2 atom stereocenters. The SMILES string of the molecule is CO[C@H](C)[C@H](NC(=O)CC(C)(C)NC(=O)OCC1c2ccccc2-c2ccccc21)C(=O)O. The third kappa shape index (κ3) is 5.70. The number of alkyl carbamates (subject to hydrolysis) is 1. The van der Waals surface area contributed by atoms with Gasteiger partial charge in [-0.05, 0) is 43.0 Å². The molecule has 1 aliphatic carbocycles. The van der Waals surface area contributed by atoms with Crippen LogP contribution in [0.15, 0.2) is 48.5 Å². The Morgan fingerprint density at radius 3 is 2.09 bits per heavy atom. The Hall–Kier alpha value is -3.39. The van der Waals surface area contributed by atoms with Crippen LogP contribution >= 0.6 is 0 Å². The van der Waals surface area contributed by atoms with Crippen LogP contribution in [0.1, 0.15) is 44.2 Å². The highest BCUT2D eigenvalue weighted by molar-refractivity contribution is 5.85. The van der Waals surface area contributed by atoms with Crippen molar-refractivity contribution in [2.45, 2.75) is 50.8 Å². The second-order valence-electron chi connectivity index (χ2n) is 8.84. The zero-order chi connectivity index (χ0) is 24.2. The minimum absolute atomic E-state index is 0.0681. The zero-order valence-electron chi connectivity index (χ0n) is 19.3. The fraction of sp³-hybridized carbons (Fsp3) is 0.400. The van der Waals surface area contributed by atoms with Gasteiger partial charge in [-0.15, -0.1) is 0 Å². The molecule has 3 rings (SSSR count). The van der Waals surface area contributed by atoms with E-state index in [1.807, 2.05) is 36.4 Å². The molecule has 0 radical (unpaired) electrons. The minimum atomic E-state index is -1.19. The van der Waals surface area contributed by atoms with Crippen molar-refractivity contribution >= 4 is 18.0 Å². The van der Waals surface area contributed by atoms with E-state index in [0.29, 0.717) is 0 Å². The van der Waals surface area contributed by atoms with E-state index in [4.69, 9.17) is 9.47 Å². The van der Waals surface area contributed by atoms with Crippen LogP contribution in [-0.2, 0) is 19.1 Å². The normalized spacial score (nSPS) is 14.5. The van der Waals surface area contributed by atoms with Crippen LogP contribution in [0.3, 0.4) is 0 Å². The van der Waals surface area contributed by atoms with Gasteiger partial charge < -0.3 is 25.2 Å². The Morgan fingerprint density at radius 1 is 1.03 bits per heavy atom. The topological polar surface area (TPSA) is 114 Å². The quantitative estimate of drug-likeness (QED) is 0.536. The number of aliphatic carboxylic acids is 1. The predicted octanol–water partition coefficient (Wildman–Crippen LogP) is 3.30. The van der Waals surface area contributed by atoms with E-state index < -0.39 is 35.7 Å². The Balaban J connectivity index is 1.58. The molecule has 0 fully saturated rings. The molecule has 1 aliphatic rings. The van der Waals surface area contributed by atoms with E-state index in [2.05, 4.69) is 22.8 Å². The van der Waals surface area contributed by atoms with E-state index in [-0.39, 0.29) is 18.9 Å². The molecule has 2 aromatic carbocycles. The summed E-state index contributed by atoms with van der Waals surface area (Å²) < 4.78 is 10.6. The van der Waals surface area contributed by atoms with Crippen molar-refractivity contribution in [2.75, 3.05) is 13.7 Å². The minimum Gasteiger partial charge on any atom is -0.480 e. The van der Waals surface area contributed by atoms with Gasteiger partial charge in [0, 0.05) is 25.0 Å². The van der Waals surface area contributed by atoms with Crippen molar-refractivity contribution in [3.8, 4) is 11.1 Å². The summed E-state index contributed by atoms with van der Waals surface area (Å²) in [5.41, 5.74) is 3.54. The maximum absolute atomic E-state index is 12.5. The number of methoxy groups -OCH3 is 1. The highest BCUT2D eigenvalue weighted by atomic mass is 16.5. The summed E-state index contributed by atoms with van der Waals surface area (Å²) in [5.74, 6) is -1.78. The molecule has 0 unspecified atom stereocenters. The second kappa shape index (κ2) is 10.0. The van der Waals surface area contributed by atoms with Crippen molar-refractivity contribution in [1.82, 2.24) is 10.6 Å². The summed E-state index contributed by atoms with van der Waals surface area (Å²) in [5, 5.41) is 14.4. The number of carbonyl (C=O) groups is 3. The highest BCUT2D eigenvalue weighted by Crippen LogP contribution is 2.44. The van der Waals surface area contributed by atoms with E-state index >= 15 is 0 Å². The van der Waals surface area contributed by atoms with Gasteiger partial charge >= 0.3 is 12.1 Å². The van der Waals surface area contributed by atoms with Crippen LogP contribution < -0.4 is 10.6 Å². The number of nitrogens with one attached hydrogen (secondary N) is 2. The largest absolute Gasteiger partial charge is 0.480 e. The number of carbonyl (C=O) groups excluding carboxylic acids is 2. The first-order chi connectivity index (χ1) is 15.6. The van der Waals surface area contributed by atoms with Gasteiger partial charge in [-0.3, -0.25) is 4.79 Å². The Labute approximate surface area is 193 Å². The van der Waals surface area contributed by atoms with Gasteiger partial charge in [0.2, 0.25) is 5.91 Å². The molecule has 33 heavy (non-hydrogen) atoms. The molecule has 8 nitrogen and oxygen atoms in total. The maximum atomic E-state index is 12.5. The molecule has 3 N–H and O–H groups in total. The summed E-state index contributed by atoms with van der Waals surface area (Å²) in [6, 6.07) is 14.9. The summed E-state index contributed by atoms with van der Waals surface area (Å²) in [7, 11) is 1.37. The molecular formula is C25H30N2O6. The van der Waals surface area contributed by atoms with E-state index in [0.717, 1.165) is 22.3 Å². The highest BCUT2D eigenvalue weighted by Gasteiger charge is 2.32. The Kier molecular flexibility index (Phi) is 7.38. The van der Waals surface area contributed by atoms with E-state index in [1.165, 1.54) is 7.11 Å². The van der Waals surface area contributed by atoms with Crippen LogP contribution in [0.25, 0.3) is 11.1 Å². The molecule has 176 valence electrons. The fourth-order valence-corrected chi connectivity index (χ4v) is 4.10. The van der Waals surface area contributed by atoms with Gasteiger partial charge in [0.25, 0.3) is 0 Å². The molecule has 0 saturated carbocycles. The van der Waals surface area contributed by atoms with Gasteiger partial charge in [-0.2, -0.15) is 0 Å². The van der Waals surface area contributed by atoms with Gasteiger partial charge in [0.1, 0.15) is 6.61 Å². The molecule has 8 heteroatoms. The Bertz CT molecular complexity index is 990. The van der Waals surface area contributed by atoms with Gasteiger partial charge in [0.15, 0.2) is 6.04 Å². The maximum Gasteiger partial charge on any atom is 0.407 e. The monoisotopic (exact) mass is 454 g/mol. The van der Waals surface area contributed by atoms with Crippen LogP contribution in [0, 0.1) is 0 Å². The van der Waals surface area contributed by atoms with Crippen molar-refractivity contribution in [1.29, 1.82) is 0 Å². The first-order valence-corrected chi connectivity index (χ1v) is 10.8. The van der Waals surface area contributed by atoms with Crippen LogP contribution in [0.2, 0.25) is 0 Å². The lowest BCUT2D eigenvalue weighted by Crippen LogP contribution is -2.52. The molecule has 2 aromatic rings. The molecule has 2 amide bonds. The first-order valence-electron chi connectivity index (χ1n) is 10.8. The average Bonchev–Trinajstić information content (AvgIpc) is 3.08. The number of benzene rings is 2. The van der Waals surface area contributed by atoms with Crippen molar-refractivity contribution < 1.29 is 29.0 Å². The van der Waals surface area contributed by atoms with Gasteiger partial charge in [-0.25, -0.2) is 9.59 Å². The fourth-order valence-electron chi connectivity index (χ4n) is 4.10. The van der Waals surface area contributed by atoms with Crippen LogP contribution in [0.5, 0.6) is 0 Å². The third-order valence-electron chi connectivity index (χ3n) is 5.81. The predicted molar refractivity (Wildman–Crippen MR) is 123 cm³/mol. The Morgan fingerprint density at radius 2 is 1.58 bits per heavy atom. The number of carboxylic acid groups (broad SMARTS) is 1. The smallest absolute Gasteiger partial charge is 0.407 e. The molecule has 0 spiro atoms. The second-order valence-corrected chi connectivity index (χ2v) is 8.84. The number of ether oxygens (including phenoxy) is 2. The standard InChI is InChI=1S/C25H30N2O6/c1-15(32-4)22(23(29)30)26-21(28)13-25(2,3)27-24(31)33-14-20-18-11-7-5-9-16(18)17-10-6-8-12-19(17)20/h5-12,15,20,22H,13-14H2,1-4H3,(H,26,28)(H,27,31)(H,29,30)/t15-,22+/m1/s1.